The highest BCUT2D eigenvalue weighted by Crippen LogP contribution is 2.27. The van der Waals surface area contributed by atoms with E-state index in [2.05, 4.69) is 20.6 Å². The second kappa shape index (κ2) is 7.79. The average molecular weight is 418 g/mol. The van der Waals surface area contributed by atoms with Crippen LogP contribution < -0.4 is 10.6 Å². The SMILES string of the molecule is CN=C(NCc1coc(-c2cccs2)n1)NCC1CC1.I. The number of oxazole rings is 1. The van der Waals surface area contributed by atoms with Crippen LogP contribution in [0.2, 0.25) is 0 Å². The standard InChI is InChI=1S/C14H18N4OS.HI/c1-15-14(16-7-10-4-5-10)17-8-11-9-19-13(18-11)12-3-2-6-20-12;/h2-3,6,9-10H,4-5,7-8H2,1H3,(H2,15,16,17);1H. The molecule has 0 radical (unpaired) electrons. The van der Waals surface area contributed by atoms with Crippen molar-refractivity contribution in [3.63, 3.8) is 0 Å². The molecule has 0 bridgehead atoms. The van der Waals surface area contributed by atoms with E-state index < -0.39 is 0 Å². The normalized spacial score (nSPS) is 14.6. The van der Waals surface area contributed by atoms with Crippen molar-refractivity contribution in [3.8, 4) is 10.8 Å². The highest BCUT2D eigenvalue weighted by molar-refractivity contribution is 14.0. The molecule has 0 saturated heterocycles. The fraction of sp³-hybridized carbons (Fsp3) is 0.429. The number of thiophene rings is 1. The summed E-state index contributed by atoms with van der Waals surface area (Å²) in [7, 11) is 1.78. The molecule has 0 amide bonds. The van der Waals surface area contributed by atoms with Gasteiger partial charge in [0.2, 0.25) is 5.89 Å². The van der Waals surface area contributed by atoms with E-state index in [0.29, 0.717) is 12.4 Å². The van der Waals surface area contributed by atoms with Crippen molar-refractivity contribution in [1.82, 2.24) is 15.6 Å². The van der Waals surface area contributed by atoms with Crippen LogP contribution >= 0.6 is 35.3 Å². The Hall–Kier alpha value is -1.09. The Bertz CT molecular complexity index is 578. The fourth-order valence-electron chi connectivity index (χ4n) is 1.86. The van der Waals surface area contributed by atoms with E-state index in [0.717, 1.165) is 29.0 Å². The summed E-state index contributed by atoms with van der Waals surface area (Å²) < 4.78 is 5.48. The number of aliphatic imine (C=N–C) groups is 1. The second-order valence-corrected chi connectivity index (χ2v) is 5.82. The smallest absolute Gasteiger partial charge is 0.236 e. The van der Waals surface area contributed by atoms with Gasteiger partial charge < -0.3 is 15.1 Å². The molecule has 114 valence electrons. The van der Waals surface area contributed by atoms with Gasteiger partial charge in [0.25, 0.3) is 0 Å². The minimum Gasteiger partial charge on any atom is -0.443 e. The first-order valence-corrected chi connectivity index (χ1v) is 7.66. The third-order valence-corrected chi connectivity index (χ3v) is 4.06. The molecule has 1 saturated carbocycles. The molecular formula is C14H19IN4OS. The molecule has 3 rings (SSSR count). The van der Waals surface area contributed by atoms with Gasteiger partial charge in [-0.25, -0.2) is 4.98 Å². The van der Waals surface area contributed by atoms with Gasteiger partial charge in [0.05, 0.1) is 17.1 Å². The number of guanidine groups is 1. The van der Waals surface area contributed by atoms with Crippen LogP contribution in [-0.4, -0.2) is 24.5 Å². The largest absolute Gasteiger partial charge is 0.443 e. The van der Waals surface area contributed by atoms with Crippen molar-refractivity contribution in [1.29, 1.82) is 0 Å². The van der Waals surface area contributed by atoms with Gasteiger partial charge in [-0.3, -0.25) is 4.99 Å². The van der Waals surface area contributed by atoms with Crippen molar-refractivity contribution in [2.75, 3.05) is 13.6 Å². The molecule has 2 aromatic rings. The lowest BCUT2D eigenvalue weighted by Crippen LogP contribution is -2.37. The minimum absolute atomic E-state index is 0. The molecule has 2 N–H and O–H groups in total. The molecule has 0 unspecified atom stereocenters. The Kier molecular flexibility index (Phi) is 6.04. The molecule has 7 heteroatoms. The molecule has 2 heterocycles. The zero-order chi connectivity index (χ0) is 13.8. The maximum absolute atomic E-state index is 5.48. The zero-order valence-corrected chi connectivity index (χ0v) is 15.0. The Balaban J connectivity index is 0.00000161. The molecule has 0 aromatic carbocycles. The summed E-state index contributed by atoms with van der Waals surface area (Å²) in [5, 5.41) is 8.58. The van der Waals surface area contributed by atoms with Crippen LogP contribution in [0.4, 0.5) is 0 Å². The van der Waals surface area contributed by atoms with Gasteiger partial charge in [-0.1, -0.05) is 6.07 Å². The van der Waals surface area contributed by atoms with Crippen LogP contribution in [0, 0.1) is 5.92 Å². The van der Waals surface area contributed by atoms with Gasteiger partial charge in [0, 0.05) is 13.6 Å². The van der Waals surface area contributed by atoms with Crippen molar-refractivity contribution in [2.24, 2.45) is 10.9 Å². The highest BCUT2D eigenvalue weighted by atomic mass is 127. The van der Waals surface area contributed by atoms with Crippen LogP contribution in [0.25, 0.3) is 10.8 Å². The molecule has 21 heavy (non-hydrogen) atoms. The molecular weight excluding hydrogens is 399 g/mol. The van der Waals surface area contributed by atoms with Gasteiger partial charge in [0.1, 0.15) is 6.26 Å². The lowest BCUT2D eigenvalue weighted by atomic mass is 10.4. The predicted octanol–water partition coefficient (Wildman–Crippen LogP) is 3.10. The average Bonchev–Trinajstić information content (AvgIpc) is 2.94. The van der Waals surface area contributed by atoms with Crippen LogP contribution in [0.5, 0.6) is 0 Å². The van der Waals surface area contributed by atoms with Crippen LogP contribution in [0.1, 0.15) is 18.5 Å². The molecule has 2 aromatic heterocycles. The van der Waals surface area contributed by atoms with E-state index in [1.165, 1.54) is 12.8 Å². The summed E-state index contributed by atoms with van der Waals surface area (Å²) in [5.74, 6) is 2.32. The minimum atomic E-state index is 0. The highest BCUT2D eigenvalue weighted by Gasteiger charge is 2.21. The van der Waals surface area contributed by atoms with Gasteiger partial charge in [-0.15, -0.1) is 35.3 Å². The van der Waals surface area contributed by atoms with Crippen molar-refractivity contribution >= 4 is 41.3 Å². The molecule has 5 nitrogen and oxygen atoms in total. The number of hydrogen-bond acceptors (Lipinski definition) is 4. The van der Waals surface area contributed by atoms with Gasteiger partial charge in [0.15, 0.2) is 5.96 Å². The third-order valence-electron chi connectivity index (χ3n) is 3.20. The first kappa shape index (κ1) is 16.3. The van der Waals surface area contributed by atoms with Crippen molar-refractivity contribution in [3.05, 3.63) is 29.5 Å². The van der Waals surface area contributed by atoms with E-state index in [1.807, 2.05) is 17.5 Å². The van der Waals surface area contributed by atoms with Gasteiger partial charge >= 0.3 is 0 Å². The molecule has 1 aliphatic rings. The number of rotatable bonds is 5. The topological polar surface area (TPSA) is 62.5 Å². The first-order valence-electron chi connectivity index (χ1n) is 6.78. The van der Waals surface area contributed by atoms with Gasteiger partial charge in [-0.2, -0.15) is 0 Å². The van der Waals surface area contributed by atoms with Crippen LogP contribution in [0.15, 0.2) is 33.2 Å². The molecule has 1 fully saturated rings. The Labute approximate surface area is 145 Å². The predicted molar refractivity (Wildman–Crippen MR) is 96.2 cm³/mol. The molecule has 0 spiro atoms. The molecule has 0 atom stereocenters. The first-order chi connectivity index (χ1) is 9.85. The van der Waals surface area contributed by atoms with Crippen LogP contribution in [-0.2, 0) is 6.54 Å². The third kappa shape index (κ3) is 4.70. The van der Waals surface area contributed by atoms with E-state index in [1.54, 1.807) is 24.6 Å². The Morgan fingerprint density at radius 3 is 3.00 bits per heavy atom. The van der Waals surface area contributed by atoms with Crippen molar-refractivity contribution < 1.29 is 4.42 Å². The van der Waals surface area contributed by atoms with E-state index in [9.17, 15) is 0 Å². The monoisotopic (exact) mass is 418 g/mol. The van der Waals surface area contributed by atoms with E-state index >= 15 is 0 Å². The van der Waals surface area contributed by atoms with E-state index in [4.69, 9.17) is 4.42 Å². The Morgan fingerprint density at radius 1 is 1.48 bits per heavy atom. The molecule has 1 aliphatic carbocycles. The quantitative estimate of drug-likeness (QED) is 0.445. The zero-order valence-electron chi connectivity index (χ0n) is 11.8. The van der Waals surface area contributed by atoms with Gasteiger partial charge in [-0.05, 0) is 30.2 Å². The number of hydrogen-bond donors (Lipinski definition) is 2. The summed E-state index contributed by atoms with van der Waals surface area (Å²) >= 11 is 1.62. The number of aromatic nitrogens is 1. The summed E-state index contributed by atoms with van der Waals surface area (Å²) in [6.07, 6.45) is 4.35. The summed E-state index contributed by atoms with van der Waals surface area (Å²) in [6, 6.07) is 4.00. The second-order valence-electron chi connectivity index (χ2n) is 4.87. The number of halogens is 1. The summed E-state index contributed by atoms with van der Waals surface area (Å²) in [6.45, 7) is 1.61. The number of nitrogens with zero attached hydrogens (tertiary/aromatic N) is 2. The number of nitrogens with one attached hydrogen (secondary N) is 2. The summed E-state index contributed by atoms with van der Waals surface area (Å²) in [5.41, 5.74) is 0.878. The maximum Gasteiger partial charge on any atom is 0.236 e. The van der Waals surface area contributed by atoms with E-state index in [-0.39, 0.29) is 24.0 Å². The molecule has 0 aliphatic heterocycles. The van der Waals surface area contributed by atoms with Crippen LogP contribution in [0.3, 0.4) is 0 Å². The maximum atomic E-state index is 5.48. The Morgan fingerprint density at radius 2 is 2.33 bits per heavy atom. The lowest BCUT2D eigenvalue weighted by molar-refractivity contribution is 0.573. The lowest BCUT2D eigenvalue weighted by Gasteiger charge is -2.09. The summed E-state index contributed by atoms with van der Waals surface area (Å²) in [4.78, 5) is 9.71. The van der Waals surface area contributed by atoms with Crippen molar-refractivity contribution in [2.45, 2.75) is 19.4 Å². The fourth-order valence-corrected chi connectivity index (χ4v) is 2.51.